The van der Waals surface area contributed by atoms with E-state index in [9.17, 15) is 5.11 Å². The Bertz CT molecular complexity index is 345. The second-order valence-corrected chi connectivity index (χ2v) is 4.50. The lowest BCUT2D eigenvalue weighted by Gasteiger charge is -2.22. The minimum absolute atomic E-state index is 0.0873. The van der Waals surface area contributed by atoms with E-state index in [2.05, 4.69) is 17.1 Å². The lowest BCUT2D eigenvalue weighted by molar-refractivity contribution is 0.241. The highest BCUT2D eigenvalue weighted by Gasteiger charge is 2.33. The average Bonchev–Trinajstić information content (AvgIpc) is 2.85. The van der Waals surface area contributed by atoms with Crippen molar-refractivity contribution >= 4 is 17.6 Å². The minimum atomic E-state index is 0.0873. The molecule has 1 aliphatic rings. The highest BCUT2D eigenvalue weighted by molar-refractivity contribution is 6.17. The number of nitrogens with zero attached hydrogens (tertiary/aromatic N) is 3. The zero-order valence-electron chi connectivity index (χ0n) is 9.27. The van der Waals surface area contributed by atoms with E-state index < -0.39 is 0 Å². The fraction of sp³-hybridized carbons (Fsp3) is 0.800. The molecule has 1 N–H and O–H groups in total. The van der Waals surface area contributed by atoms with Crippen molar-refractivity contribution in [2.45, 2.75) is 25.8 Å². The molecule has 0 amide bonds. The maximum absolute atomic E-state index is 9.33. The van der Waals surface area contributed by atoms with Crippen LogP contribution in [0.25, 0.3) is 0 Å². The predicted octanol–water partition coefficient (Wildman–Crippen LogP) is 1.06. The summed E-state index contributed by atoms with van der Waals surface area (Å²) in [6.45, 7) is 3.10. The average molecular weight is 246 g/mol. The number of halogens is 1. The van der Waals surface area contributed by atoms with Gasteiger partial charge in [-0.15, -0.1) is 16.7 Å². The molecule has 1 aromatic rings. The molecular weight excluding hydrogens is 230 g/mol. The summed E-state index contributed by atoms with van der Waals surface area (Å²) >= 11 is 5.60. The van der Waals surface area contributed by atoms with Gasteiger partial charge in [0.25, 0.3) is 0 Å². The summed E-state index contributed by atoms with van der Waals surface area (Å²) in [4.78, 5) is 1.98. The van der Waals surface area contributed by atoms with Crippen molar-refractivity contribution in [1.82, 2.24) is 10.2 Å². The van der Waals surface area contributed by atoms with Crippen LogP contribution < -0.4 is 4.90 Å². The SMILES string of the molecule is CC1CCN(c2nnc(CCCl)o2)C1CO. The van der Waals surface area contributed by atoms with Gasteiger partial charge >= 0.3 is 6.01 Å². The Balaban J connectivity index is 2.10. The summed E-state index contributed by atoms with van der Waals surface area (Å²) in [5.41, 5.74) is 0. The summed E-state index contributed by atoms with van der Waals surface area (Å²) in [6, 6.07) is 0.591. The number of aromatic nitrogens is 2. The Morgan fingerprint density at radius 2 is 2.38 bits per heavy atom. The second kappa shape index (κ2) is 5.01. The van der Waals surface area contributed by atoms with Crippen LogP contribution in [-0.4, -0.2) is 40.4 Å². The van der Waals surface area contributed by atoms with Crippen LogP contribution in [0.1, 0.15) is 19.2 Å². The third-order valence-electron chi connectivity index (χ3n) is 3.08. The Labute approximate surface area is 99.4 Å². The number of alkyl halides is 1. The Kier molecular flexibility index (Phi) is 3.66. The predicted molar refractivity (Wildman–Crippen MR) is 60.7 cm³/mol. The van der Waals surface area contributed by atoms with Gasteiger partial charge < -0.3 is 14.4 Å². The van der Waals surface area contributed by atoms with Crippen molar-refractivity contribution < 1.29 is 9.52 Å². The Morgan fingerprint density at radius 1 is 1.56 bits per heavy atom. The lowest BCUT2D eigenvalue weighted by Crippen LogP contribution is -2.35. The number of aliphatic hydroxyl groups is 1. The van der Waals surface area contributed by atoms with Crippen LogP contribution in [0.15, 0.2) is 4.42 Å². The van der Waals surface area contributed by atoms with Crippen molar-refractivity contribution in [2.24, 2.45) is 5.92 Å². The van der Waals surface area contributed by atoms with Gasteiger partial charge in [-0.25, -0.2) is 0 Å². The topological polar surface area (TPSA) is 62.4 Å². The first-order chi connectivity index (χ1) is 7.76. The van der Waals surface area contributed by atoms with Crippen molar-refractivity contribution in [2.75, 3.05) is 23.9 Å². The number of rotatable bonds is 4. The first-order valence-corrected chi connectivity index (χ1v) is 6.05. The van der Waals surface area contributed by atoms with Crippen LogP contribution >= 0.6 is 11.6 Å². The van der Waals surface area contributed by atoms with Gasteiger partial charge in [0.15, 0.2) is 0 Å². The highest BCUT2D eigenvalue weighted by atomic mass is 35.5. The van der Waals surface area contributed by atoms with Crippen LogP contribution in [-0.2, 0) is 6.42 Å². The minimum Gasteiger partial charge on any atom is -0.408 e. The zero-order chi connectivity index (χ0) is 11.5. The van der Waals surface area contributed by atoms with Gasteiger partial charge in [0.2, 0.25) is 5.89 Å². The van der Waals surface area contributed by atoms with Crippen molar-refractivity contribution in [3.8, 4) is 0 Å². The summed E-state index contributed by atoms with van der Waals surface area (Å²) in [7, 11) is 0. The quantitative estimate of drug-likeness (QED) is 0.804. The number of aliphatic hydroxyl groups excluding tert-OH is 1. The zero-order valence-corrected chi connectivity index (χ0v) is 10.0. The van der Waals surface area contributed by atoms with E-state index in [1.54, 1.807) is 0 Å². The van der Waals surface area contributed by atoms with E-state index in [0.29, 0.717) is 30.1 Å². The first kappa shape index (κ1) is 11.7. The molecule has 90 valence electrons. The van der Waals surface area contributed by atoms with Gasteiger partial charge in [0.05, 0.1) is 12.6 Å². The molecule has 0 radical (unpaired) electrons. The Morgan fingerprint density at radius 3 is 3.06 bits per heavy atom. The molecule has 1 aromatic heterocycles. The molecule has 6 heteroatoms. The van der Waals surface area contributed by atoms with Crippen LogP contribution in [0.3, 0.4) is 0 Å². The van der Waals surface area contributed by atoms with Crippen LogP contribution in [0.5, 0.6) is 0 Å². The standard InChI is InChI=1S/C10H16ClN3O2/c1-7-3-5-14(8(7)6-15)10-13-12-9(16-10)2-4-11/h7-8,15H,2-6H2,1H3. The van der Waals surface area contributed by atoms with Gasteiger partial charge in [-0.05, 0) is 12.3 Å². The monoisotopic (exact) mass is 245 g/mol. The highest BCUT2D eigenvalue weighted by Crippen LogP contribution is 2.28. The second-order valence-electron chi connectivity index (χ2n) is 4.13. The van der Waals surface area contributed by atoms with Crippen molar-refractivity contribution in [3.05, 3.63) is 5.89 Å². The molecule has 2 rings (SSSR count). The maximum Gasteiger partial charge on any atom is 0.318 e. The third-order valence-corrected chi connectivity index (χ3v) is 3.27. The van der Waals surface area contributed by atoms with E-state index in [1.165, 1.54) is 0 Å². The first-order valence-electron chi connectivity index (χ1n) is 5.52. The third kappa shape index (κ3) is 2.15. The maximum atomic E-state index is 9.33. The molecule has 1 saturated heterocycles. The molecule has 1 fully saturated rings. The lowest BCUT2D eigenvalue weighted by atomic mass is 10.0. The summed E-state index contributed by atoms with van der Waals surface area (Å²) < 4.78 is 5.50. The van der Waals surface area contributed by atoms with E-state index in [-0.39, 0.29) is 12.6 Å². The molecular formula is C10H16ClN3O2. The van der Waals surface area contributed by atoms with Crippen LogP contribution in [0.2, 0.25) is 0 Å². The number of anilines is 1. The largest absolute Gasteiger partial charge is 0.408 e. The van der Waals surface area contributed by atoms with Crippen LogP contribution in [0, 0.1) is 5.92 Å². The van der Waals surface area contributed by atoms with E-state index in [4.69, 9.17) is 16.0 Å². The molecule has 0 bridgehead atoms. The molecule has 0 saturated carbocycles. The fourth-order valence-electron chi connectivity index (χ4n) is 2.07. The van der Waals surface area contributed by atoms with Crippen molar-refractivity contribution in [3.63, 3.8) is 0 Å². The van der Waals surface area contributed by atoms with Crippen molar-refractivity contribution in [1.29, 1.82) is 0 Å². The Hall–Kier alpha value is -0.810. The van der Waals surface area contributed by atoms with Gasteiger partial charge in [-0.3, -0.25) is 0 Å². The number of hydrogen-bond acceptors (Lipinski definition) is 5. The molecule has 2 unspecified atom stereocenters. The molecule has 16 heavy (non-hydrogen) atoms. The summed E-state index contributed by atoms with van der Waals surface area (Å²) in [5.74, 6) is 1.48. The molecule has 1 aliphatic heterocycles. The van der Waals surface area contributed by atoms with Gasteiger partial charge in [-0.1, -0.05) is 12.0 Å². The molecule has 0 aromatic carbocycles. The van der Waals surface area contributed by atoms with Gasteiger partial charge in [0.1, 0.15) is 0 Å². The van der Waals surface area contributed by atoms with E-state index in [1.807, 2.05) is 4.90 Å². The van der Waals surface area contributed by atoms with Gasteiger partial charge in [0, 0.05) is 18.8 Å². The van der Waals surface area contributed by atoms with E-state index >= 15 is 0 Å². The van der Waals surface area contributed by atoms with Gasteiger partial charge in [-0.2, -0.15) is 0 Å². The normalized spacial score (nSPS) is 25.3. The fourth-order valence-corrected chi connectivity index (χ4v) is 2.23. The molecule has 0 spiro atoms. The number of aryl methyl sites for hydroxylation is 1. The van der Waals surface area contributed by atoms with Crippen LogP contribution in [0.4, 0.5) is 6.01 Å². The molecule has 2 heterocycles. The molecule has 0 aliphatic carbocycles. The summed E-state index contributed by atoms with van der Waals surface area (Å²) in [5, 5.41) is 17.2. The summed E-state index contributed by atoms with van der Waals surface area (Å²) in [6.07, 6.45) is 1.63. The molecule has 5 nitrogen and oxygen atoms in total. The number of hydrogen-bond donors (Lipinski definition) is 1. The molecule has 2 atom stereocenters. The van der Waals surface area contributed by atoms with E-state index in [0.717, 1.165) is 13.0 Å². The smallest absolute Gasteiger partial charge is 0.318 e.